The smallest absolute Gasteiger partial charge is 0.306 e. The van der Waals surface area contributed by atoms with Crippen LogP contribution in [-0.4, -0.2) is 11.6 Å². The molecule has 0 N–H and O–H groups in total. The van der Waals surface area contributed by atoms with Gasteiger partial charge in [0.1, 0.15) is 5.03 Å². The zero-order valence-electron chi connectivity index (χ0n) is 8.06. The Morgan fingerprint density at radius 2 is 2.20 bits per heavy atom. The fourth-order valence-electron chi connectivity index (χ4n) is 2.60. The highest BCUT2D eigenvalue weighted by Gasteiger charge is 2.52. The van der Waals surface area contributed by atoms with Gasteiger partial charge in [0.05, 0.1) is 0 Å². The van der Waals surface area contributed by atoms with Crippen LogP contribution in [0.25, 0.3) is 0 Å². The SMILES string of the molecule is O=C1CCC2CCC[C@]2(C(Cl)=C(F)F)O1. The molecule has 0 radical (unpaired) electrons. The monoisotopic (exact) mass is 236 g/mol. The van der Waals surface area contributed by atoms with E-state index in [-0.39, 0.29) is 5.92 Å². The number of hydrogen-bond donors (Lipinski definition) is 0. The van der Waals surface area contributed by atoms with Crippen LogP contribution in [0.4, 0.5) is 8.78 Å². The molecule has 1 aliphatic carbocycles. The quantitative estimate of drug-likeness (QED) is 0.654. The number of ether oxygens (including phenoxy) is 1. The van der Waals surface area contributed by atoms with Crippen LogP contribution in [0.15, 0.2) is 11.1 Å². The van der Waals surface area contributed by atoms with Gasteiger partial charge >= 0.3 is 5.97 Å². The Hall–Kier alpha value is -0.640. The van der Waals surface area contributed by atoms with Gasteiger partial charge in [0, 0.05) is 12.3 Å². The molecule has 0 aromatic carbocycles. The highest BCUT2D eigenvalue weighted by atomic mass is 35.5. The molecular formula is C10H11ClF2O2. The van der Waals surface area contributed by atoms with Gasteiger partial charge in [-0.2, -0.15) is 8.78 Å². The van der Waals surface area contributed by atoms with Gasteiger partial charge in [0.15, 0.2) is 5.60 Å². The van der Waals surface area contributed by atoms with E-state index >= 15 is 0 Å². The Morgan fingerprint density at radius 1 is 1.47 bits per heavy atom. The molecule has 0 aromatic heterocycles. The van der Waals surface area contributed by atoms with Crippen LogP contribution in [0.2, 0.25) is 0 Å². The first kappa shape index (κ1) is 10.9. The lowest BCUT2D eigenvalue weighted by molar-refractivity contribution is -0.166. The molecule has 1 saturated carbocycles. The predicted octanol–water partition coefficient (Wildman–Crippen LogP) is 3.21. The summed E-state index contributed by atoms with van der Waals surface area (Å²) in [4.78, 5) is 11.2. The number of esters is 1. The largest absolute Gasteiger partial charge is 0.453 e. The van der Waals surface area contributed by atoms with Gasteiger partial charge in [-0.3, -0.25) is 4.79 Å². The summed E-state index contributed by atoms with van der Waals surface area (Å²) in [6, 6.07) is 0. The molecule has 1 unspecified atom stereocenters. The molecule has 84 valence electrons. The van der Waals surface area contributed by atoms with Crippen LogP contribution in [0.3, 0.4) is 0 Å². The van der Waals surface area contributed by atoms with Gasteiger partial charge in [-0.25, -0.2) is 0 Å². The van der Waals surface area contributed by atoms with Crippen molar-refractivity contribution in [3.63, 3.8) is 0 Å². The van der Waals surface area contributed by atoms with Crippen molar-refractivity contribution >= 4 is 17.6 Å². The molecule has 5 heteroatoms. The average molecular weight is 237 g/mol. The molecule has 1 saturated heterocycles. The number of carbonyl (C=O) groups is 1. The number of carbonyl (C=O) groups excluding carboxylic acids is 1. The van der Waals surface area contributed by atoms with Crippen molar-refractivity contribution in [1.29, 1.82) is 0 Å². The fraction of sp³-hybridized carbons (Fsp3) is 0.700. The zero-order valence-corrected chi connectivity index (χ0v) is 8.82. The number of hydrogen-bond acceptors (Lipinski definition) is 2. The summed E-state index contributed by atoms with van der Waals surface area (Å²) in [5.74, 6) is -0.461. The molecule has 2 atom stereocenters. The lowest BCUT2D eigenvalue weighted by Gasteiger charge is -2.37. The maximum atomic E-state index is 12.5. The first-order valence-corrected chi connectivity index (χ1v) is 5.37. The van der Waals surface area contributed by atoms with Crippen molar-refractivity contribution in [3.05, 3.63) is 11.1 Å². The molecule has 1 heterocycles. The molecule has 2 fully saturated rings. The van der Waals surface area contributed by atoms with Crippen molar-refractivity contribution in [1.82, 2.24) is 0 Å². The van der Waals surface area contributed by atoms with Gasteiger partial charge in [-0.05, 0) is 25.7 Å². The van der Waals surface area contributed by atoms with E-state index in [1.807, 2.05) is 0 Å². The summed E-state index contributed by atoms with van der Waals surface area (Å²) in [5, 5.41) is -0.571. The van der Waals surface area contributed by atoms with E-state index in [4.69, 9.17) is 16.3 Å². The van der Waals surface area contributed by atoms with Crippen molar-refractivity contribution in [2.75, 3.05) is 0 Å². The molecule has 2 aliphatic rings. The number of fused-ring (bicyclic) bond motifs is 1. The second-order valence-electron chi connectivity index (χ2n) is 4.07. The minimum absolute atomic E-state index is 0.0378. The maximum Gasteiger partial charge on any atom is 0.306 e. The average Bonchev–Trinajstić information content (AvgIpc) is 2.60. The van der Waals surface area contributed by atoms with E-state index in [9.17, 15) is 13.6 Å². The van der Waals surface area contributed by atoms with Gasteiger partial charge in [0.25, 0.3) is 6.08 Å². The summed E-state index contributed by atoms with van der Waals surface area (Å²) in [6.45, 7) is 0. The van der Waals surface area contributed by atoms with Gasteiger partial charge in [-0.15, -0.1) is 0 Å². The van der Waals surface area contributed by atoms with Crippen molar-refractivity contribution in [2.45, 2.75) is 37.7 Å². The maximum absolute atomic E-state index is 12.5. The van der Waals surface area contributed by atoms with Crippen LogP contribution in [0.1, 0.15) is 32.1 Å². The summed E-state index contributed by atoms with van der Waals surface area (Å²) < 4.78 is 30.2. The molecule has 0 amide bonds. The molecule has 0 bridgehead atoms. The Morgan fingerprint density at radius 3 is 2.87 bits per heavy atom. The molecule has 0 aromatic rings. The Labute approximate surface area is 91.2 Å². The predicted molar refractivity (Wildman–Crippen MR) is 50.5 cm³/mol. The van der Waals surface area contributed by atoms with Gasteiger partial charge < -0.3 is 4.74 Å². The number of rotatable bonds is 1. The van der Waals surface area contributed by atoms with E-state index in [2.05, 4.69) is 0 Å². The number of halogens is 3. The molecule has 0 spiro atoms. The van der Waals surface area contributed by atoms with E-state index in [1.54, 1.807) is 0 Å². The minimum atomic E-state index is -1.93. The first-order valence-electron chi connectivity index (χ1n) is 4.99. The zero-order chi connectivity index (χ0) is 11.1. The van der Waals surface area contributed by atoms with Crippen LogP contribution in [-0.2, 0) is 9.53 Å². The Kier molecular flexibility index (Phi) is 2.71. The summed E-state index contributed by atoms with van der Waals surface area (Å²) in [6.07, 6.45) is 0.975. The molecular weight excluding hydrogens is 226 g/mol. The van der Waals surface area contributed by atoms with Gasteiger partial charge in [0.2, 0.25) is 0 Å². The lowest BCUT2D eigenvalue weighted by atomic mass is 9.84. The van der Waals surface area contributed by atoms with E-state index in [0.29, 0.717) is 19.3 Å². The van der Waals surface area contributed by atoms with Crippen LogP contribution in [0, 0.1) is 5.92 Å². The highest BCUT2D eigenvalue weighted by molar-refractivity contribution is 6.31. The topological polar surface area (TPSA) is 26.3 Å². The molecule has 15 heavy (non-hydrogen) atoms. The Balaban J connectivity index is 2.37. The highest BCUT2D eigenvalue weighted by Crippen LogP contribution is 2.51. The third kappa shape index (κ3) is 1.65. The van der Waals surface area contributed by atoms with Crippen LogP contribution in [0.5, 0.6) is 0 Å². The summed E-state index contributed by atoms with van der Waals surface area (Å²) in [5.41, 5.74) is -1.21. The standard InChI is InChI=1S/C10H11ClF2O2/c11-8(9(12)13)10-5-1-2-6(10)3-4-7(14)15-10/h6H,1-5H2/t6?,10-/m0/s1. The second kappa shape index (κ2) is 3.74. The molecule has 2 rings (SSSR count). The van der Waals surface area contributed by atoms with Crippen molar-refractivity contribution in [3.8, 4) is 0 Å². The van der Waals surface area contributed by atoms with Gasteiger partial charge in [-0.1, -0.05) is 11.6 Å². The minimum Gasteiger partial charge on any atom is -0.453 e. The molecule has 2 nitrogen and oxygen atoms in total. The van der Waals surface area contributed by atoms with Crippen LogP contribution < -0.4 is 0 Å². The first-order chi connectivity index (χ1) is 7.06. The van der Waals surface area contributed by atoms with Crippen molar-refractivity contribution < 1.29 is 18.3 Å². The summed E-state index contributed by atoms with van der Waals surface area (Å²) in [7, 11) is 0. The normalized spacial score (nSPS) is 34.6. The van der Waals surface area contributed by atoms with Crippen molar-refractivity contribution in [2.24, 2.45) is 5.92 Å². The second-order valence-corrected chi connectivity index (χ2v) is 4.44. The van der Waals surface area contributed by atoms with Crippen LogP contribution >= 0.6 is 11.6 Å². The Bertz CT molecular complexity index is 325. The molecule has 1 aliphatic heterocycles. The van der Waals surface area contributed by atoms with E-state index < -0.39 is 22.7 Å². The summed E-state index contributed by atoms with van der Waals surface area (Å²) >= 11 is 5.60. The third-order valence-electron chi connectivity index (χ3n) is 3.29. The lowest BCUT2D eigenvalue weighted by Crippen LogP contribution is -2.43. The van der Waals surface area contributed by atoms with E-state index in [0.717, 1.165) is 12.8 Å². The third-order valence-corrected chi connectivity index (χ3v) is 3.75. The van der Waals surface area contributed by atoms with E-state index in [1.165, 1.54) is 0 Å². The fourth-order valence-corrected chi connectivity index (χ4v) is 2.89.